The van der Waals surface area contributed by atoms with E-state index in [0.717, 1.165) is 24.0 Å². The lowest BCUT2D eigenvalue weighted by Gasteiger charge is -2.31. The first-order valence-electron chi connectivity index (χ1n) is 8.17. The van der Waals surface area contributed by atoms with E-state index in [1.54, 1.807) is 0 Å². The predicted octanol–water partition coefficient (Wildman–Crippen LogP) is 4.10. The molecule has 4 rings (SSSR count). The summed E-state index contributed by atoms with van der Waals surface area (Å²) in [7, 11) is 0. The zero-order valence-electron chi connectivity index (χ0n) is 13.2. The average Bonchev–Trinajstić information content (AvgIpc) is 3.25. The van der Waals surface area contributed by atoms with Gasteiger partial charge in [-0.15, -0.1) is 36.2 Å². The van der Waals surface area contributed by atoms with Crippen molar-refractivity contribution in [3.05, 3.63) is 29.3 Å². The minimum atomic E-state index is 0. The van der Waals surface area contributed by atoms with E-state index in [1.165, 1.54) is 55.0 Å². The van der Waals surface area contributed by atoms with Gasteiger partial charge in [0.2, 0.25) is 0 Å². The van der Waals surface area contributed by atoms with Crippen molar-refractivity contribution in [3.8, 4) is 0 Å². The van der Waals surface area contributed by atoms with Gasteiger partial charge >= 0.3 is 0 Å². The first-order chi connectivity index (χ1) is 10.4. The second-order valence-electron chi connectivity index (χ2n) is 6.48. The normalized spacial score (nSPS) is 19.3. The highest BCUT2D eigenvalue weighted by molar-refractivity contribution is 7.18. The highest BCUT2D eigenvalue weighted by Crippen LogP contribution is 2.28. The molecule has 2 fully saturated rings. The summed E-state index contributed by atoms with van der Waals surface area (Å²) in [5, 5.41) is 5.01. The van der Waals surface area contributed by atoms with Crippen LogP contribution in [0.4, 0.5) is 0 Å². The smallest absolute Gasteiger partial charge is 0.108 e. The van der Waals surface area contributed by atoms with Crippen LogP contribution in [0.5, 0.6) is 0 Å². The Bertz CT molecular complexity index is 574. The molecule has 1 aromatic carbocycles. The number of rotatable bonds is 5. The Labute approximate surface area is 154 Å². The Morgan fingerprint density at radius 3 is 2.52 bits per heavy atom. The second kappa shape index (κ2) is 8.63. The van der Waals surface area contributed by atoms with Gasteiger partial charge in [-0.25, -0.2) is 4.98 Å². The highest BCUT2D eigenvalue weighted by Gasteiger charge is 2.24. The van der Waals surface area contributed by atoms with E-state index >= 15 is 0 Å². The second-order valence-corrected chi connectivity index (χ2v) is 7.59. The third-order valence-corrected chi connectivity index (χ3v) is 5.70. The van der Waals surface area contributed by atoms with E-state index in [1.807, 2.05) is 11.3 Å². The quantitative estimate of drug-likeness (QED) is 0.854. The molecule has 2 aliphatic rings. The number of para-hydroxylation sites is 1. The molecule has 3 nitrogen and oxygen atoms in total. The number of thiazole rings is 1. The zero-order valence-corrected chi connectivity index (χ0v) is 15.7. The van der Waals surface area contributed by atoms with Gasteiger partial charge < -0.3 is 5.32 Å². The molecule has 1 saturated carbocycles. The van der Waals surface area contributed by atoms with Gasteiger partial charge in [0.1, 0.15) is 5.01 Å². The SMILES string of the molecule is Cl.Cl.c1ccc2sc(CN3CCC(NCC4CC4)CC3)nc2c1. The van der Waals surface area contributed by atoms with Gasteiger partial charge in [0.25, 0.3) is 0 Å². The van der Waals surface area contributed by atoms with Crippen molar-refractivity contribution in [3.63, 3.8) is 0 Å². The molecule has 2 aromatic rings. The van der Waals surface area contributed by atoms with Gasteiger partial charge in [0.05, 0.1) is 16.8 Å². The topological polar surface area (TPSA) is 28.2 Å². The summed E-state index contributed by atoms with van der Waals surface area (Å²) in [6, 6.07) is 9.20. The molecule has 0 atom stereocenters. The Kier molecular flexibility index (Phi) is 7.11. The standard InChI is InChI=1S/C17H23N3S.2ClH/c1-2-4-16-15(3-1)19-17(21-16)12-20-9-7-14(8-10-20)18-11-13-5-6-13;;/h1-4,13-14,18H,5-12H2;2*1H. The van der Waals surface area contributed by atoms with Crippen LogP contribution >= 0.6 is 36.2 Å². The zero-order chi connectivity index (χ0) is 14.1. The molecule has 0 unspecified atom stereocenters. The van der Waals surface area contributed by atoms with E-state index in [2.05, 4.69) is 34.5 Å². The molecule has 0 radical (unpaired) electrons. The Morgan fingerprint density at radius 2 is 1.83 bits per heavy atom. The average molecular weight is 374 g/mol. The van der Waals surface area contributed by atoms with Crippen molar-refractivity contribution in [1.82, 2.24) is 15.2 Å². The van der Waals surface area contributed by atoms with E-state index in [4.69, 9.17) is 4.98 Å². The molecule has 1 aromatic heterocycles. The summed E-state index contributed by atoms with van der Waals surface area (Å²) in [6.07, 6.45) is 5.47. The predicted molar refractivity (Wildman–Crippen MR) is 103 cm³/mol. The van der Waals surface area contributed by atoms with Crippen LogP contribution in [0.25, 0.3) is 10.2 Å². The number of nitrogens with one attached hydrogen (secondary N) is 1. The maximum absolute atomic E-state index is 4.75. The van der Waals surface area contributed by atoms with Gasteiger partial charge in [-0.05, 0) is 50.3 Å². The van der Waals surface area contributed by atoms with E-state index < -0.39 is 0 Å². The van der Waals surface area contributed by atoms with Crippen LogP contribution in [-0.4, -0.2) is 35.6 Å². The molecule has 1 saturated heterocycles. The lowest BCUT2D eigenvalue weighted by atomic mass is 10.0. The molecule has 23 heavy (non-hydrogen) atoms. The Morgan fingerprint density at radius 1 is 1.09 bits per heavy atom. The van der Waals surface area contributed by atoms with Crippen molar-refractivity contribution >= 4 is 46.4 Å². The fourth-order valence-corrected chi connectivity index (χ4v) is 4.14. The molecule has 1 aliphatic heterocycles. The number of hydrogen-bond donors (Lipinski definition) is 1. The van der Waals surface area contributed by atoms with E-state index in [9.17, 15) is 0 Å². The monoisotopic (exact) mass is 373 g/mol. The summed E-state index contributed by atoms with van der Waals surface area (Å²) in [4.78, 5) is 7.32. The maximum Gasteiger partial charge on any atom is 0.108 e. The molecular weight excluding hydrogens is 349 g/mol. The highest BCUT2D eigenvalue weighted by atomic mass is 35.5. The van der Waals surface area contributed by atoms with Crippen molar-refractivity contribution in [2.75, 3.05) is 19.6 Å². The number of nitrogens with zero attached hydrogens (tertiary/aromatic N) is 2. The van der Waals surface area contributed by atoms with Crippen LogP contribution in [0.15, 0.2) is 24.3 Å². The van der Waals surface area contributed by atoms with Crippen molar-refractivity contribution < 1.29 is 0 Å². The minimum absolute atomic E-state index is 0. The molecule has 2 heterocycles. The number of hydrogen-bond acceptors (Lipinski definition) is 4. The third kappa shape index (κ3) is 5.04. The summed E-state index contributed by atoms with van der Waals surface area (Å²) in [5.41, 5.74) is 1.15. The largest absolute Gasteiger partial charge is 0.314 e. The van der Waals surface area contributed by atoms with E-state index in [-0.39, 0.29) is 24.8 Å². The molecule has 0 bridgehead atoms. The summed E-state index contributed by atoms with van der Waals surface area (Å²) in [6.45, 7) is 4.69. The number of halogens is 2. The number of fused-ring (bicyclic) bond motifs is 1. The van der Waals surface area contributed by atoms with Crippen LogP contribution in [0.3, 0.4) is 0 Å². The Hall–Kier alpha value is -0.390. The number of piperidine rings is 1. The van der Waals surface area contributed by atoms with Crippen LogP contribution in [0.1, 0.15) is 30.7 Å². The van der Waals surface area contributed by atoms with Gasteiger partial charge in [0, 0.05) is 19.1 Å². The molecule has 1 N–H and O–H groups in total. The van der Waals surface area contributed by atoms with Crippen LogP contribution in [-0.2, 0) is 6.54 Å². The fourth-order valence-electron chi connectivity index (χ4n) is 3.13. The van der Waals surface area contributed by atoms with Gasteiger partial charge in [-0.2, -0.15) is 0 Å². The number of benzene rings is 1. The summed E-state index contributed by atoms with van der Waals surface area (Å²) >= 11 is 1.85. The molecule has 0 amide bonds. The molecule has 0 spiro atoms. The van der Waals surface area contributed by atoms with E-state index in [0.29, 0.717) is 0 Å². The van der Waals surface area contributed by atoms with Crippen molar-refractivity contribution in [2.24, 2.45) is 5.92 Å². The number of aromatic nitrogens is 1. The number of likely N-dealkylation sites (tertiary alicyclic amines) is 1. The third-order valence-electron chi connectivity index (χ3n) is 4.68. The van der Waals surface area contributed by atoms with Crippen molar-refractivity contribution in [2.45, 2.75) is 38.3 Å². The minimum Gasteiger partial charge on any atom is -0.314 e. The van der Waals surface area contributed by atoms with Gasteiger partial charge in [-0.3, -0.25) is 4.90 Å². The van der Waals surface area contributed by atoms with Gasteiger partial charge in [0.15, 0.2) is 0 Å². The summed E-state index contributed by atoms with van der Waals surface area (Å²) < 4.78 is 1.31. The first kappa shape index (κ1) is 18.9. The lowest BCUT2D eigenvalue weighted by molar-refractivity contribution is 0.190. The molecular formula is C17H25Cl2N3S. The lowest BCUT2D eigenvalue weighted by Crippen LogP contribution is -2.42. The summed E-state index contributed by atoms with van der Waals surface area (Å²) in [5.74, 6) is 0.991. The van der Waals surface area contributed by atoms with Crippen LogP contribution in [0, 0.1) is 5.92 Å². The molecule has 6 heteroatoms. The van der Waals surface area contributed by atoms with Gasteiger partial charge in [-0.1, -0.05) is 12.1 Å². The Balaban J connectivity index is 0.000000960. The molecule has 128 valence electrons. The first-order valence-corrected chi connectivity index (χ1v) is 8.99. The van der Waals surface area contributed by atoms with Crippen LogP contribution in [0.2, 0.25) is 0 Å². The maximum atomic E-state index is 4.75. The fraction of sp³-hybridized carbons (Fsp3) is 0.588. The van der Waals surface area contributed by atoms with Crippen LogP contribution < -0.4 is 5.32 Å². The molecule has 1 aliphatic carbocycles. The van der Waals surface area contributed by atoms with Crippen molar-refractivity contribution in [1.29, 1.82) is 0 Å².